The molecule has 0 aromatic heterocycles. The van der Waals surface area contributed by atoms with E-state index < -0.39 is 10.0 Å². The Morgan fingerprint density at radius 1 is 1.18 bits per heavy atom. The van der Waals surface area contributed by atoms with Gasteiger partial charge in [-0.2, -0.15) is 0 Å². The molecule has 1 saturated heterocycles. The lowest BCUT2D eigenvalue weighted by molar-refractivity contribution is -0.123. The van der Waals surface area contributed by atoms with Crippen LogP contribution in [0.5, 0.6) is 0 Å². The molecule has 0 radical (unpaired) electrons. The van der Waals surface area contributed by atoms with Gasteiger partial charge in [-0.3, -0.25) is 4.79 Å². The van der Waals surface area contributed by atoms with Crippen LogP contribution >= 0.6 is 0 Å². The first-order chi connectivity index (χ1) is 10.5. The third-order valence-corrected chi connectivity index (χ3v) is 7.45. The molecule has 1 aliphatic heterocycles. The Balaban J connectivity index is 1.51. The van der Waals surface area contributed by atoms with E-state index in [1.54, 1.807) is 0 Å². The van der Waals surface area contributed by atoms with Crippen LogP contribution in [-0.2, 0) is 14.8 Å². The average molecular weight is 329 g/mol. The van der Waals surface area contributed by atoms with E-state index in [1.165, 1.54) is 10.7 Å². The molecule has 2 atom stereocenters. The van der Waals surface area contributed by atoms with E-state index in [0.717, 1.165) is 25.7 Å². The molecule has 3 rings (SSSR count). The Labute approximate surface area is 132 Å². The van der Waals surface area contributed by atoms with Crippen molar-refractivity contribution < 1.29 is 13.2 Å². The molecule has 2 bridgehead atoms. The van der Waals surface area contributed by atoms with E-state index in [4.69, 9.17) is 5.73 Å². The van der Waals surface area contributed by atoms with Gasteiger partial charge in [0.2, 0.25) is 15.9 Å². The van der Waals surface area contributed by atoms with Gasteiger partial charge in [-0.1, -0.05) is 6.42 Å². The Hall–Kier alpha value is -0.660. The minimum Gasteiger partial charge on any atom is -0.353 e. The molecule has 3 N–H and O–H groups in total. The molecule has 3 aliphatic rings. The summed E-state index contributed by atoms with van der Waals surface area (Å²) in [7, 11) is -3.10. The van der Waals surface area contributed by atoms with Crippen molar-refractivity contribution in [3.8, 4) is 0 Å². The van der Waals surface area contributed by atoms with E-state index in [2.05, 4.69) is 5.32 Å². The van der Waals surface area contributed by atoms with Gasteiger partial charge in [0.15, 0.2) is 0 Å². The van der Waals surface area contributed by atoms with Crippen LogP contribution in [0.2, 0.25) is 0 Å². The second-order valence-corrected chi connectivity index (χ2v) is 9.18. The van der Waals surface area contributed by atoms with E-state index in [-0.39, 0.29) is 30.2 Å². The quantitative estimate of drug-likeness (QED) is 0.782. The Kier molecular flexibility index (Phi) is 4.75. The molecular formula is C15H27N3O3S. The summed E-state index contributed by atoms with van der Waals surface area (Å²) >= 11 is 0. The highest BCUT2D eigenvalue weighted by atomic mass is 32.2. The lowest BCUT2D eigenvalue weighted by Gasteiger charge is -2.45. The van der Waals surface area contributed by atoms with Crippen molar-refractivity contribution in [2.24, 2.45) is 17.6 Å². The van der Waals surface area contributed by atoms with Crippen molar-refractivity contribution >= 4 is 15.9 Å². The van der Waals surface area contributed by atoms with Gasteiger partial charge in [-0.15, -0.1) is 0 Å². The highest BCUT2D eigenvalue weighted by Crippen LogP contribution is 2.39. The molecule has 1 amide bonds. The third kappa shape index (κ3) is 3.46. The number of fused-ring (bicyclic) bond motifs is 2. The van der Waals surface area contributed by atoms with Crippen molar-refractivity contribution in [1.82, 2.24) is 9.62 Å². The maximum absolute atomic E-state index is 12.2. The van der Waals surface area contributed by atoms with Crippen LogP contribution in [0.4, 0.5) is 0 Å². The molecule has 3 fully saturated rings. The highest BCUT2D eigenvalue weighted by Gasteiger charge is 2.40. The second-order valence-electron chi connectivity index (χ2n) is 7.09. The summed E-state index contributed by atoms with van der Waals surface area (Å²) in [4.78, 5) is 12.2. The first kappa shape index (κ1) is 16.2. The van der Waals surface area contributed by atoms with E-state index >= 15 is 0 Å². The predicted octanol–water partition coefficient (Wildman–Crippen LogP) is 0.434. The zero-order valence-electron chi connectivity index (χ0n) is 13.0. The molecule has 126 valence electrons. The topological polar surface area (TPSA) is 92.5 Å². The molecule has 6 nitrogen and oxygen atoms in total. The minimum absolute atomic E-state index is 0.0144. The fourth-order valence-electron chi connectivity index (χ4n) is 4.45. The lowest BCUT2D eigenvalue weighted by atomic mass is 9.67. The summed E-state index contributed by atoms with van der Waals surface area (Å²) in [5, 5.41) is 3.18. The summed E-state index contributed by atoms with van der Waals surface area (Å²) in [6.07, 6.45) is 6.48. The molecule has 2 unspecified atom stereocenters. The zero-order chi connectivity index (χ0) is 15.7. The standard InChI is InChI=1S/C15H27N3O3S/c16-13-9-11-3-1-4-12(10-13)15(11)17-14(19)5-7-18-6-2-8-22(18,20)21/h11-13,15H,1-10,16H2,(H,17,19). The molecular weight excluding hydrogens is 302 g/mol. The fraction of sp³-hybridized carbons (Fsp3) is 0.933. The monoisotopic (exact) mass is 329 g/mol. The smallest absolute Gasteiger partial charge is 0.221 e. The molecule has 0 spiro atoms. The maximum atomic E-state index is 12.2. The van der Waals surface area contributed by atoms with Crippen LogP contribution in [0, 0.1) is 11.8 Å². The first-order valence-corrected chi connectivity index (χ1v) is 10.1. The minimum atomic E-state index is -3.10. The molecule has 1 heterocycles. The molecule has 2 aliphatic carbocycles. The summed E-state index contributed by atoms with van der Waals surface area (Å²) < 4.78 is 24.9. The van der Waals surface area contributed by atoms with Crippen LogP contribution in [0.25, 0.3) is 0 Å². The van der Waals surface area contributed by atoms with Gasteiger partial charge in [0.25, 0.3) is 0 Å². The molecule has 0 aromatic carbocycles. The number of rotatable bonds is 4. The number of nitrogens with one attached hydrogen (secondary N) is 1. The van der Waals surface area contributed by atoms with Crippen LogP contribution in [0.15, 0.2) is 0 Å². The SMILES string of the molecule is NC1CC2CCCC(C1)C2NC(=O)CCN1CCCS1(=O)=O. The van der Waals surface area contributed by atoms with Crippen molar-refractivity contribution in [3.05, 3.63) is 0 Å². The molecule has 2 saturated carbocycles. The number of carbonyl (C=O) groups excluding carboxylic acids is 1. The zero-order valence-corrected chi connectivity index (χ0v) is 13.9. The van der Waals surface area contributed by atoms with Gasteiger partial charge in [0.05, 0.1) is 5.75 Å². The number of carbonyl (C=O) groups is 1. The average Bonchev–Trinajstić information content (AvgIpc) is 2.76. The van der Waals surface area contributed by atoms with Crippen LogP contribution < -0.4 is 11.1 Å². The Morgan fingerprint density at radius 2 is 1.86 bits per heavy atom. The normalized spacial score (nSPS) is 37.9. The number of amides is 1. The summed E-state index contributed by atoms with van der Waals surface area (Å²) in [6, 6.07) is 0.523. The second kappa shape index (κ2) is 6.45. The Morgan fingerprint density at radius 3 is 2.45 bits per heavy atom. The van der Waals surface area contributed by atoms with Crippen LogP contribution in [0.1, 0.15) is 44.9 Å². The van der Waals surface area contributed by atoms with Crippen LogP contribution in [-0.4, -0.2) is 49.6 Å². The van der Waals surface area contributed by atoms with Gasteiger partial charge in [0.1, 0.15) is 0 Å². The summed E-state index contributed by atoms with van der Waals surface area (Å²) in [5.41, 5.74) is 6.10. The molecule has 0 aromatic rings. The van der Waals surface area contributed by atoms with E-state index in [0.29, 0.717) is 31.3 Å². The van der Waals surface area contributed by atoms with E-state index in [1.807, 2.05) is 0 Å². The van der Waals surface area contributed by atoms with Gasteiger partial charge in [-0.05, 0) is 43.9 Å². The largest absolute Gasteiger partial charge is 0.353 e. The number of sulfonamides is 1. The summed E-state index contributed by atoms with van der Waals surface area (Å²) in [5.74, 6) is 1.21. The third-order valence-electron chi connectivity index (χ3n) is 5.50. The number of hydrogen-bond acceptors (Lipinski definition) is 4. The van der Waals surface area contributed by atoms with Gasteiger partial charge in [0, 0.05) is 31.6 Å². The van der Waals surface area contributed by atoms with Gasteiger partial charge in [-0.25, -0.2) is 12.7 Å². The predicted molar refractivity (Wildman–Crippen MR) is 84.6 cm³/mol. The lowest BCUT2D eigenvalue weighted by Crippen LogP contribution is -2.54. The van der Waals surface area contributed by atoms with Crippen molar-refractivity contribution in [2.45, 2.75) is 57.0 Å². The number of hydrogen-bond donors (Lipinski definition) is 2. The van der Waals surface area contributed by atoms with Crippen molar-refractivity contribution in [2.75, 3.05) is 18.8 Å². The van der Waals surface area contributed by atoms with Gasteiger partial charge >= 0.3 is 0 Å². The van der Waals surface area contributed by atoms with Crippen molar-refractivity contribution in [3.63, 3.8) is 0 Å². The van der Waals surface area contributed by atoms with E-state index in [9.17, 15) is 13.2 Å². The number of nitrogens with zero attached hydrogens (tertiary/aromatic N) is 1. The number of nitrogens with two attached hydrogens (primary N) is 1. The molecule has 7 heteroatoms. The van der Waals surface area contributed by atoms with Crippen LogP contribution in [0.3, 0.4) is 0 Å². The maximum Gasteiger partial charge on any atom is 0.221 e. The highest BCUT2D eigenvalue weighted by molar-refractivity contribution is 7.89. The fourth-order valence-corrected chi connectivity index (χ4v) is 5.98. The Bertz CT molecular complexity index is 508. The first-order valence-electron chi connectivity index (χ1n) is 8.48. The summed E-state index contributed by atoms with van der Waals surface area (Å²) in [6.45, 7) is 0.870. The van der Waals surface area contributed by atoms with Gasteiger partial charge < -0.3 is 11.1 Å². The van der Waals surface area contributed by atoms with Crippen molar-refractivity contribution in [1.29, 1.82) is 0 Å². The molecule has 22 heavy (non-hydrogen) atoms.